The minimum absolute atomic E-state index is 0.186. The van der Waals surface area contributed by atoms with Gasteiger partial charge in [-0.05, 0) is 7.05 Å². The quantitative estimate of drug-likeness (QED) is 0.481. The fraction of sp³-hybridized carbons (Fsp3) is 1.00. The first-order valence-electron chi connectivity index (χ1n) is 2.88. The Morgan fingerprint density at radius 1 is 1.43 bits per heavy atom. The van der Waals surface area contributed by atoms with Crippen LogP contribution in [0.15, 0.2) is 0 Å². The Morgan fingerprint density at radius 2 is 1.86 bits per heavy atom. The third-order valence-electron chi connectivity index (χ3n) is 1.38. The van der Waals surface area contributed by atoms with E-state index in [0.717, 1.165) is 0 Å². The molecule has 0 radical (unpaired) electrons. The summed E-state index contributed by atoms with van der Waals surface area (Å²) >= 11 is 0. The van der Waals surface area contributed by atoms with Crippen molar-refractivity contribution in [3.05, 3.63) is 0 Å². The zero-order chi connectivity index (χ0) is 5.86. The molecule has 7 heavy (non-hydrogen) atoms. The van der Waals surface area contributed by atoms with Crippen molar-refractivity contribution in [2.45, 2.75) is 19.6 Å². The average Bonchev–Trinajstić information content (AvgIpc) is 1.65. The van der Waals surface area contributed by atoms with Gasteiger partial charge in [-0.15, -0.1) is 0 Å². The maximum atomic E-state index is 2.57. The lowest BCUT2D eigenvalue weighted by molar-refractivity contribution is 0.832. The van der Waals surface area contributed by atoms with Crippen LogP contribution in [-0.4, -0.2) is 29.9 Å². The van der Waals surface area contributed by atoms with Gasteiger partial charge in [0.1, 0.15) is 0 Å². The van der Waals surface area contributed by atoms with Crippen LogP contribution in [-0.2, 0) is 0 Å². The van der Waals surface area contributed by atoms with Crippen LogP contribution in [0.1, 0.15) is 0 Å². The molecule has 1 nitrogen and oxygen atoms in total. The summed E-state index contributed by atoms with van der Waals surface area (Å²) in [5.41, 5.74) is 0. The van der Waals surface area contributed by atoms with E-state index in [-0.39, 0.29) is 18.6 Å². The molecule has 0 amide bonds. The Hall–Kier alpha value is 0.394. The zero-order valence-corrected chi connectivity index (χ0v) is 8.30. The third kappa shape index (κ3) is 3.02. The molecule has 0 fully saturated rings. The van der Waals surface area contributed by atoms with Crippen LogP contribution in [0.5, 0.6) is 0 Å². The average molecular weight is 133 g/mol. The summed E-state index contributed by atoms with van der Waals surface area (Å²) in [5.74, 6) is 0. The van der Waals surface area contributed by atoms with Crippen molar-refractivity contribution in [2.75, 3.05) is 7.05 Å². The van der Waals surface area contributed by atoms with E-state index in [9.17, 15) is 0 Å². The van der Waals surface area contributed by atoms with Crippen molar-refractivity contribution in [3.63, 3.8) is 0 Å². The normalized spacial score (nSPS) is 12.9. The van der Waals surface area contributed by atoms with Crippen molar-refractivity contribution in [1.82, 2.24) is 4.23 Å². The topological polar surface area (TPSA) is 3.24 Å². The van der Waals surface area contributed by atoms with Gasteiger partial charge in [0.05, 0.1) is 18.6 Å². The van der Waals surface area contributed by atoms with Crippen LogP contribution >= 0.6 is 0 Å². The van der Waals surface area contributed by atoms with Gasteiger partial charge in [-0.1, -0.05) is 19.6 Å². The summed E-state index contributed by atoms with van der Waals surface area (Å²) in [6.45, 7) is 7.08. The molecule has 0 rings (SSSR count). The first-order chi connectivity index (χ1) is 3.18. The second-order valence-corrected chi connectivity index (χ2v) is 7.60. The highest BCUT2D eigenvalue weighted by Gasteiger charge is 1.98. The molecule has 3 heteroatoms. The van der Waals surface area contributed by atoms with Crippen LogP contribution in [0.2, 0.25) is 19.6 Å². The van der Waals surface area contributed by atoms with E-state index in [1.807, 2.05) is 0 Å². The van der Waals surface area contributed by atoms with Crippen molar-refractivity contribution < 1.29 is 0 Å². The predicted molar refractivity (Wildman–Crippen MR) is 41.0 cm³/mol. The third-order valence-corrected chi connectivity index (χ3v) is 7.43. The SMILES string of the molecule is C[SiH2]N(C)[SiH](C)C. The smallest absolute Gasteiger partial charge is 0.0976 e. The molecular formula is C4H15NSi2. The Kier molecular flexibility index (Phi) is 3.59. The molecule has 0 spiro atoms. The fourth-order valence-electron chi connectivity index (χ4n) is 0.365. The molecule has 0 aliphatic carbocycles. The van der Waals surface area contributed by atoms with Crippen molar-refractivity contribution in [3.8, 4) is 0 Å². The van der Waals surface area contributed by atoms with E-state index in [0.29, 0.717) is 0 Å². The molecule has 0 aliphatic heterocycles. The maximum absolute atomic E-state index is 2.57. The molecule has 0 saturated heterocycles. The molecule has 0 aliphatic rings. The standard InChI is InChI=1S/C4H15NSi2/c1-5(6-2)7(3)4/h7H,6H2,1-4H3. The molecule has 0 heterocycles. The van der Waals surface area contributed by atoms with Crippen LogP contribution < -0.4 is 0 Å². The predicted octanol–water partition coefficient (Wildman–Crippen LogP) is 0.0335. The van der Waals surface area contributed by atoms with E-state index in [2.05, 4.69) is 30.9 Å². The van der Waals surface area contributed by atoms with Gasteiger partial charge in [0.25, 0.3) is 0 Å². The Bertz CT molecular complexity index is 47.0. The molecular weight excluding hydrogens is 118 g/mol. The largest absolute Gasteiger partial charge is 0.356 e. The summed E-state index contributed by atoms with van der Waals surface area (Å²) in [4.78, 5) is 0. The molecule has 44 valence electrons. The highest BCUT2D eigenvalue weighted by atomic mass is 28.3. The molecule has 0 aromatic heterocycles. The first kappa shape index (κ1) is 7.39. The lowest BCUT2D eigenvalue weighted by atomic mass is 11.6. The molecule has 0 N–H and O–H groups in total. The number of hydrogen-bond donors (Lipinski definition) is 0. The highest BCUT2D eigenvalue weighted by Crippen LogP contribution is 1.83. The van der Waals surface area contributed by atoms with Gasteiger partial charge in [-0.25, -0.2) is 0 Å². The molecule has 0 saturated carbocycles. The van der Waals surface area contributed by atoms with Crippen LogP contribution in [0, 0.1) is 0 Å². The lowest BCUT2D eigenvalue weighted by Crippen LogP contribution is -2.31. The van der Waals surface area contributed by atoms with Gasteiger partial charge < -0.3 is 4.23 Å². The van der Waals surface area contributed by atoms with E-state index in [4.69, 9.17) is 0 Å². The van der Waals surface area contributed by atoms with Crippen molar-refractivity contribution in [1.29, 1.82) is 0 Å². The summed E-state index contributed by atoms with van der Waals surface area (Å²) in [7, 11) is 2.07. The summed E-state index contributed by atoms with van der Waals surface area (Å²) in [6.07, 6.45) is 0. The Labute approximate surface area is 50.3 Å². The van der Waals surface area contributed by atoms with E-state index >= 15 is 0 Å². The summed E-state index contributed by atoms with van der Waals surface area (Å²) < 4.78 is 2.57. The zero-order valence-electron chi connectivity index (χ0n) is 5.73. The van der Waals surface area contributed by atoms with Gasteiger partial charge in [0, 0.05) is 0 Å². The molecule has 0 bridgehead atoms. The fourth-order valence-corrected chi connectivity index (χ4v) is 3.29. The Morgan fingerprint density at radius 3 is 1.86 bits per heavy atom. The van der Waals surface area contributed by atoms with E-state index in [1.165, 1.54) is 0 Å². The molecule has 0 aromatic carbocycles. The monoisotopic (exact) mass is 133 g/mol. The maximum Gasteiger partial charge on any atom is 0.0976 e. The second kappa shape index (κ2) is 3.40. The lowest BCUT2D eigenvalue weighted by Gasteiger charge is -2.16. The molecule has 0 unspecified atom stereocenters. The minimum Gasteiger partial charge on any atom is -0.356 e. The number of nitrogens with zero attached hydrogens (tertiary/aromatic N) is 1. The van der Waals surface area contributed by atoms with E-state index in [1.54, 1.807) is 0 Å². The molecule has 0 atom stereocenters. The summed E-state index contributed by atoms with van der Waals surface area (Å²) in [6, 6.07) is 0. The first-order valence-corrected chi connectivity index (χ1v) is 7.76. The van der Waals surface area contributed by atoms with E-state index < -0.39 is 0 Å². The molecule has 0 aromatic rings. The van der Waals surface area contributed by atoms with Gasteiger partial charge in [-0.2, -0.15) is 0 Å². The minimum atomic E-state index is -0.370. The van der Waals surface area contributed by atoms with Gasteiger partial charge in [0.2, 0.25) is 0 Å². The second-order valence-electron chi connectivity index (χ2n) is 2.17. The van der Waals surface area contributed by atoms with Gasteiger partial charge in [0.15, 0.2) is 0 Å². The van der Waals surface area contributed by atoms with Crippen molar-refractivity contribution >= 4 is 18.6 Å². The van der Waals surface area contributed by atoms with Crippen LogP contribution in [0.25, 0.3) is 0 Å². The number of rotatable bonds is 2. The van der Waals surface area contributed by atoms with Gasteiger partial charge in [-0.3, -0.25) is 0 Å². The van der Waals surface area contributed by atoms with Gasteiger partial charge >= 0.3 is 0 Å². The van der Waals surface area contributed by atoms with Crippen LogP contribution in [0.4, 0.5) is 0 Å². The van der Waals surface area contributed by atoms with Crippen molar-refractivity contribution in [2.24, 2.45) is 0 Å². The highest BCUT2D eigenvalue weighted by molar-refractivity contribution is 6.62. The number of hydrogen-bond acceptors (Lipinski definition) is 1. The Balaban J connectivity index is 3.14. The van der Waals surface area contributed by atoms with Crippen LogP contribution in [0.3, 0.4) is 0 Å². The summed E-state index contributed by atoms with van der Waals surface area (Å²) in [5, 5.41) is 0.